The number of nitrogens with zero attached hydrogens (tertiary/aromatic N) is 2. The summed E-state index contributed by atoms with van der Waals surface area (Å²) in [6, 6.07) is 31.3. The van der Waals surface area contributed by atoms with Gasteiger partial charge in [0.25, 0.3) is 0 Å². The van der Waals surface area contributed by atoms with E-state index >= 15 is 0 Å². The quantitative estimate of drug-likeness (QED) is 0.475. The van der Waals surface area contributed by atoms with Crippen LogP contribution in [0.2, 0.25) is 0 Å². The molecule has 4 nitrogen and oxygen atoms in total. The maximum atomic E-state index is 10.5. The Balaban J connectivity index is 2.01. The van der Waals surface area contributed by atoms with Gasteiger partial charge in [-0.05, 0) is 23.7 Å². The van der Waals surface area contributed by atoms with Crippen molar-refractivity contribution in [2.24, 2.45) is 0 Å². The molecule has 0 bridgehead atoms. The number of nitrogens with one attached hydrogen (secondary N) is 1. The van der Waals surface area contributed by atoms with Gasteiger partial charge < -0.3 is 15.0 Å². The van der Waals surface area contributed by atoms with Gasteiger partial charge in [-0.2, -0.15) is 0 Å². The van der Waals surface area contributed by atoms with Crippen molar-refractivity contribution in [2.45, 2.75) is 11.6 Å². The molecule has 0 amide bonds. The SMILES string of the molecule is CNCC(O)c1cn(C(c2ccccc2)(c2ccccc2)c2ccccc2)cn1. The first-order valence-corrected chi connectivity index (χ1v) is 9.80. The molecule has 0 aliphatic heterocycles. The number of hydrogen-bond donors (Lipinski definition) is 2. The van der Waals surface area contributed by atoms with Gasteiger partial charge in [-0.25, -0.2) is 4.98 Å². The summed E-state index contributed by atoms with van der Waals surface area (Å²) in [6.07, 6.45) is 3.11. The summed E-state index contributed by atoms with van der Waals surface area (Å²) < 4.78 is 2.11. The first-order chi connectivity index (χ1) is 14.3. The summed E-state index contributed by atoms with van der Waals surface area (Å²) in [6.45, 7) is 0.450. The van der Waals surface area contributed by atoms with Crippen molar-refractivity contribution < 1.29 is 5.11 Å². The van der Waals surface area contributed by atoms with E-state index in [4.69, 9.17) is 0 Å². The zero-order valence-corrected chi connectivity index (χ0v) is 16.4. The van der Waals surface area contributed by atoms with E-state index in [-0.39, 0.29) is 0 Å². The summed E-state index contributed by atoms with van der Waals surface area (Å²) in [5.41, 5.74) is 3.43. The highest BCUT2D eigenvalue weighted by Gasteiger charge is 2.38. The molecule has 0 saturated carbocycles. The summed E-state index contributed by atoms with van der Waals surface area (Å²) in [4.78, 5) is 4.55. The number of aliphatic hydroxyl groups excluding tert-OH is 1. The van der Waals surface area contributed by atoms with Gasteiger partial charge in [-0.15, -0.1) is 0 Å². The molecular weight excluding hydrogens is 358 g/mol. The highest BCUT2D eigenvalue weighted by molar-refractivity contribution is 5.50. The Hall–Kier alpha value is -3.21. The van der Waals surface area contributed by atoms with Gasteiger partial charge in [0, 0.05) is 12.7 Å². The summed E-state index contributed by atoms with van der Waals surface area (Å²) in [5, 5.41) is 13.5. The number of aliphatic hydroxyl groups is 1. The maximum Gasteiger partial charge on any atom is 0.121 e. The fourth-order valence-electron chi connectivity index (χ4n) is 3.98. The van der Waals surface area contributed by atoms with Gasteiger partial charge in [-0.3, -0.25) is 0 Å². The summed E-state index contributed by atoms with van der Waals surface area (Å²) in [7, 11) is 1.82. The van der Waals surface area contributed by atoms with Gasteiger partial charge in [0.05, 0.1) is 12.0 Å². The van der Waals surface area contributed by atoms with Crippen LogP contribution in [0.5, 0.6) is 0 Å². The lowest BCUT2D eigenvalue weighted by Gasteiger charge is -2.37. The van der Waals surface area contributed by atoms with Crippen molar-refractivity contribution in [3.63, 3.8) is 0 Å². The molecule has 0 spiro atoms. The van der Waals surface area contributed by atoms with E-state index < -0.39 is 11.6 Å². The molecule has 3 aromatic carbocycles. The molecule has 1 aromatic heterocycles. The molecule has 0 fully saturated rings. The Bertz CT molecular complexity index is 933. The molecule has 4 rings (SSSR count). The van der Waals surface area contributed by atoms with E-state index in [1.54, 1.807) is 0 Å². The zero-order valence-electron chi connectivity index (χ0n) is 16.4. The van der Waals surface area contributed by atoms with Crippen LogP contribution in [0.25, 0.3) is 0 Å². The lowest BCUT2D eigenvalue weighted by atomic mass is 9.77. The first-order valence-electron chi connectivity index (χ1n) is 9.80. The monoisotopic (exact) mass is 383 g/mol. The number of hydrogen-bond acceptors (Lipinski definition) is 3. The Labute approximate surface area is 171 Å². The average Bonchev–Trinajstić information content (AvgIpc) is 3.27. The lowest BCUT2D eigenvalue weighted by molar-refractivity contribution is 0.173. The molecule has 0 aliphatic rings. The highest BCUT2D eigenvalue weighted by atomic mass is 16.3. The van der Waals surface area contributed by atoms with E-state index in [2.05, 4.69) is 87.7 Å². The topological polar surface area (TPSA) is 50.1 Å². The van der Waals surface area contributed by atoms with Crippen molar-refractivity contribution >= 4 is 0 Å². The Kier molecular flexibility index (Phi) is 5.56. The van der Waals surface area contributed by atoms with Crippen LogP contribution < -0.4 is 5.32 Å². The summed E-state index contributed by atoms with van der Waals surface area (Å²) in [5.74, 6) is 0. The standard InChI is InChI=1S/C25H25N3O/c1-26-17-24(29)23-18-28(19-27-23)25(20-11-5-2-6-12-20,21-13-7-3-8-14-21)22-15-9-4-10-16-22/h2-16,18-19,24,26,29H,17H2,1H3. The average molecular weight is 383 g/mol. The normalized spacial score (nSPS) is 12.6. The van der Waals surface area contributed by atoms with Crippen molar-refractivity contribution in [1.29, 1.82) is 0 Å². The van der Waals surface area contributed by atoms with Gasteiger partial charge in [0.15, 0.2) is 0 Å². The minimum absolute atomic E-state index is 0.450. The fourth-order valence-corrected chi connectivity index (χ4v) is 3.98. The largest absolute Gasteiger partial charge is 0.385 e. The third kappa shape index (κ3) is 3.48. The van der Waals surface area contributed by atoms with Crippen molar-refractivity contribution in [2.75, 3.05) is 13.6 Å². The molecule has 4 aromatic rings. The molecule has 1 heterocycles. The predicted molar refractivity (Wildman–Crippen MR) is 116 cm³/mol. The van der Waals surface area contributed by atoms with Gasteiger partial charge >= 0.3 is 0 Å². The molecule has 29 heavy (non-hydrogen) atoms. The van der Waals surface area contributed by atoms with Gasteiger partial charge in [0.1, 0.15) is 11.6 Å². The van der Waals surface area contributed by atoms with Crippen LogP contribution in [0.15, 0.2) is 104 Å². The molecule has 2 N–H and O–H groups in total. The second-order valence-corrected chi connectivity index (χ2v) is 7.09. The van der Waals surface area contributed by atoms with Gasteiger partial charge in [0.2, 0.25) is 0 Å². The van der Waals surface area contributed by atoms with E-state index in [9.17, 15) is 5.11 Å². The first kappa shape index (κ1) is 19.1. The molecule has 0 aliphatic carbocycles. The molecule has 1 atom stereocenters. The Morgan fingerprint density at radius 2 is 1.28 bits per heavy atom. The number of imidazole rings is 1. The smallest absolute Gasteiger partial charge is 0.121 e. The highest BCUT2D eigenvalue weighted by Crippen LogP contribution is 2.40. The van der Waals surface area contributed by atoms with Crippen LogP contribution >= 0.6 is 0 Å². The van der Waals surface area contributed by atoms with Crippen LogP contribution in [0.1, 0.15) is 28.5 Å². The van der Waals surface area contributed by atoms with E-state index in [1.165, 1.54) is 0 Å². The number of aromatic nitrogens is 2. The molecule has 0 radical (unpaired) electrons. The second kappa shape index (κ2) is 8.43. The van der Waals surface area contributed by atoms with E-state index in [1.807, 2.05) is 37.8 Å². The molecule has 1 unspecified atom stereocenters. The van der Waals surface area contributed by atoms with Crippen molar-refractivity contribution in [3.05, 3.63) is 126 Å². The molecule has 4 heteroatoms. The van der Waals surface area contributed by atoms with Crippen LogP contribution in [-0.2, 0) is 5.54 Å². The lowest BCUT2D eigenvalue weighted by Crippen LogP contribution is -2.37. The van der Waals surface area contributed by atoms with Crippen molar-refractivity contribution in [3.8, 4) is 0 Å². The zero-order chi connectivity index (χ0) is 20.1. The molecule has 0 saturated heterocycles. The minimum Gasteiger partial charge on any atom is -0.385 e. The van der Waals surface area contributed by atoms with E-state index in [0.717, 1.165) is 16.7 Å². The fraction of sp³-hybridized carbons (Fsp3) is 0.160. The van der Waals surface area contributed by atoms with Crippen LogP contribution in [0.4, 0.5) is 0 Å². The Morgan fingerprint density at radius 3 is 1.69 bits per heavy atom. The number of benzene rings is 3. The minimum atomic E-state index is -0.665. The third-order valence-electron chi connectivity index (χ3n) is 5.30. The van der Waals surface area contributed by atoms with Crippen LogP contribution in [0.3, 0.4) is 0 Å². The summed E-state index contributed by atoms with van der Waals surface area (Å²) >= 11 is 0. The number of rotatable bonds is 7. The second-order valence-electron chi connectivity index (χ2n) is 7.09. The molecular formula is C25H25N3O. The maximum absolute atomic E-state index is 10.5. The van der Waals surface area contributed by atoms with Crippen LogP contribution in [-0.4, -0.2) is 28.3 Å². The predicted octanol–water partition coefficient (Wildman–Crippen LogP) is 3.98. The van der Waals surface area contributed by atoms with Crippen LogP contribution in [0, 0.1) is 0 Å². The van der Waals surface area contributed by atoms with Crippen molar-refractivity contribution in [1.82, 2.24) is 14.9 Å². The Morgan fingerprint density at radius 1 is 0.828 bits per heavy atom. The third-order valence-corrected chi connectivity index (χ3v) is 5.30. The van der Waals surface area contributed by atoms with E-state index in [0.29, 0.717) is 12.2 Å². The molecule has 146 valence electrons. The number of likely N-dealkylation sites (N-methyl/N-ethyl adjacent to an activating group) is 1. The van der Waals surface area contributed by atoms with Gasteiger partial charge in [-0.1, -0.05) is 91.0 Å².